The summed E-state index contributed by atoms with van der Waals surface area (Å²) >= 11 is 0. The fourth-order valence-electron chi connectivity index (χ4n) is 1.48. The van der Waals surface area contributed by atoms with Gasteiger partial charge in [-0.3, -0.25) is 4.79 Å². The zero-order valence-electron chi connectivity index (χ0n) is 9.53. The Morgan fingerprint density at radius 2 is 2.35 bits per heavy atom. The van der Waals surface area contributed by atoms with Gasteiger partial charge in [-0.15, -0.1) is 0 Å². The van der Waals surface area contributed by atoms with Crippen LogP contribution in [-0.2, 0) is 6.54 Å². The summed E-state index contributed by atoms with van der Waals surface area (Å²) in [6.45, 7) is 2.26. The van der Waals surface area contributed by atoms with Crippen molar-refractivity contribution in [2.24, 2.45) is 0 Å². The molecule has 0 saturated carbocycles. The topological polar surface area (TPSA) is 83.8 Å². The molecular formula is C12H14N4O. The van der Waals surface area contributed by atoms with Gasteiger partial charge in [0.25, 0.3) is 5.91 Å². The van der Waals surface area contributed by atoms with Crippen LogP contribution in [0.2, 0.25) is 0 Å². The van der Waals surface area contributed by atoms with Crippen molar-refractivity contribution in [2.45, 2.75) is 13.5 Å². The maximum atomic E-state index is 11.8. The molecule has 0 radical (unpaired) electrons. The lowest BCUT2D eigenvalue weighted by atomic mass is 10.1. The molecule has 88 valence electrons. The van der Waals surface area contributed by atoms with Gasteiger partial charge in [-0.25, -0.2) is 4.98 Å². The first-order chi connectivity index (χ1) is 8.16. The number of aryl methyl sites for hydroxylation is 1. The fourth-order valence-corrected chi connectivity index (χ4v) is 1.48. The minimum absolute atomic E-state index is 0.135. The van der Waals surface area contributed by atoms with E-state index >= 15 is 0 Å². The number of aromatic nitrogens is 2. The number of amides is 1. The molecular weight excluding hydrogens is 216 g/mol. The van der Waals surface area contributed by atoms with Crippen molar-refractivity contribution in [3.63, 3.8) is 0 Å². The third-order valence-corrected chi connectivity index (χ3v) is 2.50. The van der Waals surface area contributed by atoms with Crippen LogP contribution in [0.4, 0.5) is 5.69 Å². The molecule has 0 atom stereocenters. The second kappa shape index (κ2) is 4.69. The molecule has 5 nitrogen and oxygen atoms in total. The van der Waals surface area contributed by atoms with E-state index < -0.39 is 0 Å². The van der Waals surface area contributed by atoms with Crippen molar-refractivity contribution in [3.8, 4) is 0 Å². The minimum atomic E-state index is -0.135. The lowest BCUT2D eigenvalue weighted by Gasteiger charge is -2.05. The number of rotatable bonds is 3. The molecule has 17 heavy (non-hydrogen) atoms. The summed E-state index contributed by atoms with van der Waals surface area (Å²) in [4.78, 5) is 18.8. The number of aromatic amines is 1. The predicted octanol–water partition coefficient (Wildman–Crippen LogP) is 1.23. The Morgan fingerprint density at radius 3 is 3.00 bits per heavy atom. The van der Waals surface area contributed by atoms with Gasteiger partial charge in [-0.1, -0.05) is 0 Å². The van der Waals surface area contributed by atoms with Crippen LogP contribution in [0.25, 0.3) is 0 Å². The summed E-state index contributed by atoms with van der Waals surface area (Å²) in [6.07, 6.45) is 3.36. The van der Waals surface area contributed by atoms with Crippen LogP contribution in [0.3, 0.4) is 0 Å². The molecule has 1 aromatic heterocycles. The summed E-state index contributed by atoms with van der Waals surface area (Å²) in [5.41, 5.74) is 7.88. The molecule has 5 heteroatoms. The smallest absolute Gasteiger partial charge is 0.251 e. The lowest BCUT2D eigenvalue weighted by Crippen LogP contribution is -2.23. The number of anilines is 1. The second-order valence-electron chi connectivity index (χ2n) is 3.79. The highest BCUT2D eigenvalue weighted by Crippen LogP contribution is 2.12. The number of hydrogen-bond donors (Lipinski definition) is 3. The number of carbonyl (C=O) groups excluding carboxylic acids is 1. The molecule has 1 amide bonds. The van der Waals surface area contributed by atoms with Gasteiger partial charge in [0.05, 0.1) is 6.54 Å². The van der Waals surface area contributed by atoms with E-state index in [1.807, 2.05) is 6.92 Å². The first-order valence-corrected chi connectivity index (χ1v) is 5.29. The monoisotopic (exact) mass is 230 g/mol. The number of imidazole rings is 1. The molecule has 2 aromatic rings. The third-order valence-electron chi connectivity index (χ3n) is 2.50. The summed E-state index contributed by atoms with van der Waals surface area (Å²) in [7, 11) is 0. The van der Waals surface area contributed by atoms with E-state index in [2.05, 4.69) is 15.3 Å². The molecule has 0 aliphatic rings. The van der Waals surface area contributed by atoms with Gasteiger partial charge in [0.2, 0.25) is 0 Å². The number of nitrogens with zero attached hydrogens (tertiary/aromatic N) is 1. The number of benzene rings is 1. The molecule has 0 aliphatic carbocycles. The molecule has 1 heterocycles. The van der Waals surface area contributed by atoms with Gasteiger partial charge in [-0.2, -0.15) is 0 Å². The summed E-state index contributed by atoms with van der Waals surface area (Å²) in [6, 6.07) is 5.21. The molecule has 0 fully saturated rings. The van der Waals surface area contributed by atoms with Crippen LogP contribution in [0, 0.1) is 6.92 Å². The molecule has 0 aliphatic heterocycles. The highest BCUT2D eigenvalue weighted by molar-refractivity contribution is 5.94. The van der Waals surface area contributed by atoms with E-state index in [0.29, 0.717) is 17.8 Å². The standard InChI is InChI=1S/C12H14N4O/c1-8-6-9(2-3-10(8)13)12(17)16-7-11-14-4-5-15-11/h2-6H,7,13H2,1H3,(H,14,15)(H,16,17). The van der Waals surface area contributed by atoms with Crippen molar-refractivity contribution in [3.05, 3.63) is 47.5 Å². The maximum Gasteiger partial charge on any atom is 0.251 e. The first-order valence-electron chi connectivity index (χ1n) is 5.29. The molecule has 0 saturated heterocycles. The molecule has 0 unspecified atom stereocenters. The van der Waals surface area contributed by atoms with Crippen molar-refractivity contribution in [1.29, 1.82) is 0 Å². The van der Waals surface area contributed by atoms with E-state index in [-0.39, 0.29) is 5.91 Å². The Balaban J connectivity index is 2.02. The van der Waals surface area contributed by atoms with Gasteiger partial charge in [-0.05, 0) is 30.7 Å². The first kappa shape index (κ1) is 11.2. The summed E-state index contributed by atoms with van der Waals surface area (Å²) in [5.74, 6) is 0.593. The summed E-state index contributed by atoms with van der Waals surface area (Å²) in [5, 5.41) is 2.77. The average molecular weight is 230 g/mol. The van der Waals surface area contributed by atoms with Gasteiger partial charge in [0.1, 0.15) is 5.82 Å². The van der Waals surface area contributed by atoms with Crippen molar-refractivity contribution in [1.82, 2.24) is 15.3 Å². The fraction of sp³-hybridized carbons (Fsp3) is 0.167. The Hall–Kier alpha value is -2.30. The van der Waals surface area contributed by atoms with E-state index in [9.17, 15) is 4.79 Å². The van der Waals surface area contributed by atoms with Gasteiger partial charge >= 0.3 is 0 Å². The largest absolute Gasteiger partial charge is 0.399 e. The van der Waals surface area contributed by atoms with E-state index in [4.69, 9.17) is 5.73 Å². The Morgan fingerprint density at radius 1 is 1.53 bits per heavy atom. The van der Waals surface area contributed by atoms with Crippen LogP contribution in [0.15, 0.2) is 30.6 Å². The van der Waals surface area contributed by atoms with E-state index in [1.54, 1.807) is 30.6 Å². The zero-order chi connectivity index (χ0) is 12.3. The molecule has 0 bridgehead atoms. The quantitative estimate of drug-likeness (QED) is 0.693. The predicted molar refractivity (Wildman–Crippen MR) is 65.3 cm³/mol. The third kappa shape index (κ3) is 2.63. The molecule has 2 rings (SSSR count). The van der Waals surface area contributed by atoms with Gasteiger partial charge in [0, 0.05) is 23.6 Å². The van der Waals surface area contributed by atoms with Crippen LogP contribution >= 0.6 is 0 Å². The van der Waals surface area contributed by atoms with Crippen molar-refractivity contribution in [2.75, 3.05) is 5.73 Å². The second-order valence-corrected chi connectivity index (χ2v) is 3.79. The normalized spacial score (nSPS) is 10.2. The van der Waals surface area contributed by atoms with E-state index in [0.717, 1.165) is 11.4 Å². The Labute approximate surface area is 99.1 Å². The number of hydrogen-bond acceptors (Lipinski definition) is 3. The number of H-pyrrole nitrogens is 1. The Kier molecular flexibility index (Phi) is 3.09. The van der Waals surface area contributed by atoms with Crippen molar-refractivity contribution >= 4 is 11.6 Å². The highest BCUT2D eigenvalue weighted by atomic mass is 16.1. The lowest BCUT2D eigenvalue weighted by molar-refractivity contribution is 0.0950. The SMILES string of the molecule is Cc1cc(C(=O)NCc2ncc[nH]2)ccc1N. The van der Waals surface area contributed by atoms with Gasteiger partial charge < -0.3 is 16.0 Å². The molecule has 0 spiro atoms. The van der Waals surface area contributed by atoms with Crippen molar-refractivity contribution < 1.29 is 4.79 Å². The highest BCUT2D eigenvalue weighted by Gasteiger charge is 2.06. The molecule has 4 N–H and O–H groups in total. The van der Waals surface area contributed by atoms with Crippen LogP contribution in [0.1, 0.15) is 21.7 Å². The number of carbonyl (C=O) groups is 1. The maximum absolute atomic E-state index is 11.8. The van der Waals surface area contributed by atoms with Crippen LogP contribution in [-0.4, -0.2) is 15.9 Å². The summed E-state index contributed by atoms with van der Waals surface area (Å²) < 4.78 is 0. The number of nitrogen functional groups attached to an aromatic ring is 1. The van der Waals surface area contributed by atoms with E-state index in [1.165, 1.54) is 0 Å². The van der Waals surface area contributed by atoms with Crippen LogP contribution in [0.5, 0.6) is 0 Å². The number of nitrogens with two attached hydrogens (primary N) is 1. The Bertz CT molecular complexity index is 519. The minimum Gasteiger partial charge on any atom is -0.399 e. The van der Waals surface area contributed by atoms with Gasteiger partial charge in [0.15, 0.2) is 0 Å². The zero-order valence-corrected chi connectivity index (χ0v) is 9.53. The van der Waals surface area contributed by atoms with Crippen LogP contribution < -0.4 is 11.1 Å². The average Bonchev–Trinajstić information content (AvgIpc) is 2.82. The molecule has 1 aromatic carbocycles. The number of nitrogens with one attached hydrogen (secondary N) is 2.